The maximum atomic E-state index is 12.2. The standard InChI is InChI=1S/C17H18Cl3N3O2S/c1-2-26-14-5-6-17(14,25)9-21-13-4-3-10(7-11(13)18)23-16(24)15(20)12(19)8-22-23/h3-4,7-8,14,21,25H,2,5-6,9H2,1H3. The van der Waals surface area contributed by atoms with Crippen LogP contribution in [0.2, 0.25) is 15.1 Å². The molecule has 2 unspecified atom stereocenters. The van der Waals surface area contributed by atoms with Gasteiger partial charge in [-0.2, -0.15) is 21.5 Å². The number of nitrogens with one attached hydrogen (secondary N) is 1. The molecule has 1 heterocycles. The summed E-state index contributed by atoms with van der Waals surface area (Å²) in [6.45, 7) is 2.51. The molecule has 2 atom stereocenters. The van der Waals surface area contributed by atoms with E-state index in [1.165, 1.54) is 6.20 Å². The highest BCUT2D eigenvalue weighted by Crippen LogP contribution is 2.41. The monoisotopic (exact) mass is 433 g/mol. The van der Waals surface area contributed by atoms with Crippen LogP contribution in [-0.2, 0) is 0 Å². The van der Waals surface area contributed by atoms with Crippen LogP contribution < -0.4 is 10.9 Å². The van der Waals surface area contributed by atoms with Gasteiger partial charge in [0, 0.05) is 11.8 Å². The third-order valence-electron chi connectivity index (χ3n) is 4.47. The molecule has 1 aromatic carbocycles. The summed E-state index contributed by atoms with van der Waals surface area (Å²) >= 11 is 19.8. The quantitative estimate of drug-likeness (QED) is 0.711. The smallest absolute Gasteiger partial charge is 0.291 e. The van der Waals surface area contributed by atoms with Gasteiger partial charge in [-0.3, -0.25) is 4.79 Å². The highest BCUT2D eigenvalue weighted by Gasteiger charge is 2.44. The SMILES string of the molecule is CCSC1CCC1(O)CNc1ccc(-n2ncc(Cl)c(Cl)c2=O)cc1Cl. The minimum atomic E-state index is -0.717. The third kappa shape index (κ3) is 3.85. The highest BCUT2D eigenvalue weighted by molar-refractivity contribution is 8.00. The van der Waals surface area contributed by atoms with E-state index in [1.807, 2.05) is 0 Å². The number of aliphatic hydroxyl groups is 1. The minimum absolute atomic E-state index is 0.0911. The molecule has 0 spiro atoms. The summed E-state index contributed by atoms with van der Waals surface area (Å²) in [4.78, 5) is 12.2. The van der Waals surface area contributed by atoms with Crippen LogP contribution >= 0.6 is 46.6 Å². The molecule has 2 aromatic rings. The fourth-order valence-electron chi connectivity index (χ4n) is 2.86. The van der Waals surface area contributed by atoms with Gasteiger partial charge in [-0.05, 0) is 36.8 Å². The van der Waals surface area contributed by atoms with Crippen molar-refractivity contribution in [1.29, 1.82) is 0 Å². The largest absolute Gasteiger partial charge is 0.387 e. The Kier molecular flexibility index (Phi) is 6.09. The zero-order chi connectivity index (χ0) is 18.9. The van der Waals surface area contributed by atoms with Gasteiger partial charge in [0.15, 0.2) is 0 Å². The van der Waals surface area contributed by atoms with Gasteiger partial charge in [-0.15, -0.1) is 0 Å². The Bertz CT molecular complexity index is 877. The van der Waals surface area contributed by atoms with E-state index >= 15 is 0 Å². The van der Waals surface area contributed by atoms with Gasteiger partial charge >= 0.3 is 0 Å². The first-order chi connectivity index (χ1) is 12.4. The van der Waals surface area contributed by atoms with E-state index in [-0.39, 0.29) is 15.3 Å². The first kappa shape index (κ1) is 19.8. The van der Waals surface area contributed by atoms with Crippen molar-refractivity contribution in [1.82, 2.24) is 9.78 Å². The second-order valence-electron chi connectivity index (χ2n) is 6.13. The summed E-state index contributed by atoms with van der Waals surface area (Å²) in [5.41, 5.74) is -0.0700. The van der Waals surface area contributed by atoms with Crippen LogP contribution in [0, 0.1) is 0 Å². The van der Waals surface area contributed by atoms with Gasteiger partial charge in [0.05, 0.1) is 33.2 Å². The molecular weight excluding hydrogens is 417 g/mol. The first-order valence-electron chi connectivity index (χ1n) is 8.17. The molecule has 26 heavy (non-hydrogen) atoms. The number of benzene rings is 1. The molecule has 140 valence electrons. The van der Waals surface area contributed by atoms with Crippen molar-refractivity contribution in [2.45, 2.75) is 30.6 Å². The molecule has 1 aromatic heterocycles. The Labute approximate surface area is 170 Å². The van der Waals surface area contributed by atoms with E-state index in [4.69, 9.17) is 34.8 Å². The van der Waals surface area contributed by atoms with Crippen molar-refractivity contribution in [2.75, 3.05) is 17.6 Å². The van der Waals surface area contributed by atoms with Crippen molar-refractivity contribution >= 4 is 52.3 Å². The molecule has 1 fully saturated rings. The van der Waals surface area contributed by atoms with E-state index in [0.717, 1.165) is 23.3 Å². The van der Waals surface area contributed by atoms with Crippen LogP contribution in [0.1, 0.15) is 19.8 Å². The summed E-state index contributed by atoms with van der Waals surface area (Å²) in [6.07, 6.45) is 3.11. The molecule has 9 heteroatoms. The van der Waals surface area contributed by atoms with Crippen molar-refractivity contribution in [2.24, 2.45) is 0 Å². The number of aromatic nitrogens is 2. The van der Waals surface area contributed by atoms with Crippen molar-refractivity contribution in [3.8, 4) is 5.69 Å². The average molecular weight is 435 g/mol. The predicted molar refractivity (Wildman–Crippen MR) is 109 cm³/mol. The molecule has 2 N–H and O–H groups in total. The van der Waals surface area contributed by atoms with Crippen LogP contribution in [0.3, 0.4) is 0 Å². The zero-order valence-corrected chi connectivity index (χ0v) is 17.1. The van der Waals surface area contributed by atoms with Crippen LogP contribution in [-0.4, -0.2) is 38.0 Å². The molecule has 0 radical (unpaired) electrons. The van der Waals surface area contributed by atoms with Gasteiger partial charge in [-0.25, -0.2) is 0 Å². The van der Waals surface area contributed by atoms with E-state index in [0.29, 0.717) is 22.9 Å². The van der Waals surface area contributed by atoms with Gasteiger partial charge in [0.25, 0.3) is 5.56 Å². The second-order valence-corrected chi connectivity index (χ2v) is 8.80. The molecule has 0 aliphatic heterocycles. The Morgan fingerprint density at radius 1 is 1.38 bits per heavy atom. The molecule has 5 nitrogen and oxygen atoms in total. The van der Waals surface area contributed by atoms with E-state index in [9.17, 15) is 9.90 Å². The van der Waals surface area contributed by atoms with Crippen molar-refractivity contribution in [3.63, 3.8) is 0 Å². The van der Waals surface area contributed by atoms with E-state index in [2.05, 4.69) is 17.3 Å². The van der Waals surface area contributed by atoms with Crippen molar-refractivity contribution in [3.05, 3.63) is 49.8 Å². The van der Waals surface area contributed by atoms with Crippen LogP contribution in [0.15, 0.2) is 29.2 Å². The molecule has 1 aliphatic rings. The maximum absolute atomic E-state index is 12.2. The number of halogens is 3. The third-order valence-corrected chi connectivity index (χ3v) is 6.94. The molecule has 0 bridgehead atoms. The lowest BCUT2D eigenvalue weighted by atomic mass is 9.79. The van der Waals surface area contributed by atoms with Gasteiger partial charge < -0.3 is 10.4 Å². The Hall–Kier alpha value is -0.920. The van der Waals surface area contributed by atoms with Gasteiger partial charge in [-0.1, -0.05) is 41.7 Å². The minimum Gasteiger partial charge on any atom is -0.387 e. The summed E-state index contributed by atoms with van der Waals surface area (Å²) in [7, 11) is 0. The van der Waals surface area contributed by atoms with Gasteiger partial charge in [0.1, 0.15) is 5.02 Å². The van der Waals surface area contributed by atoms with Crippen LogP contribution in [0.25, 0.3) is 5.69 Å². The van der Waals surface area contributed by atoms with Crippen LogP contribution in [0.4, 0.5) is 5.69 Å². The molecule has 1 aliphatic carbocycles. The number of thioether (sulfide) groups is 1. The Morgan fingerprint density at radius 2 is 2.15 bits per heavy atom. The summed E-state index contributed by atoms with van der Waals surface area (Å²) in [5, 5.41) is 18.5. The average Bonchev–Trinajstić information content (AvgIpc) is 2.62. The summed E-state index contributed by atoms with van der Waals surface area (Å²) < 4.78 is 1.14. The highest BCUT2D eigenvalue weighted by atomic mass is 35.5. The van der Waals surface area contributed by atoms with Gasteiger partial charge in [0.2, 0.25) is 0 Å². The second kappa shape index (κ2) is 7.98. The fraction of sp³-hybridized carbons (Fsp3) is 0.412. The van der Waals surface area contributed by atoms with Crippen molar-refractivity contribution < 1.29 is 5.11 Å². The lowest BCUT2D eigenvalue weighted by Crippen LogP contribution is -2.54. The predicted octanol–water partition coefficient (Wildman–Crippen LogP) is 4.25. The first-order valence-corrected chi connectivity index (χ1v) is 10.3. The number of rotatable bonds is 6. The number of nitrogens with zero attached hydrogens (tertiary/aromatic N) is 2. The van der Waals surface area contributed by atoms with Crippen LogP contribution in [0.5, 0.6) is 0 Å². The number of anilines is 1. The molecule has 3 rings (SSSR count). The lowest BCUT2D eigenvalue weighted by Gasteiger charge is -2.45. The molecule has 1 saturated carbocycles. The number of hydrogen-bond donors (Lipinski definition) is 2. The fourth-order valence-corrected chi connectivity index (χ4v) is 4.55. The Morgan fingerprint density at radius 3 is 2.77 bits per heavy atom. The summed E-state index contributed by atoms with van der Waals surface area (Å²) in [6, 6.07) is 5.07. The molecule has 0 saturated heterocycles. The maximum Gasteiger partial charge on any atom is 0.291 e. The normalized spacial score (nSPS) is 22.1. The molecular formula is C17H18Cl3N3O2S. The Balaban J connectivity index is 1.77. The lowest BCUT2D eigenvalue weighted by molar-refractivity contribution is -0.0120. The van der Waals surface area contributed by atoms with E-state index in [1.54, 1.807) is 30.0 Å². The zero-order valence-electron chi connectivity index (χ0n) is 14.0. The summed E-state index contributed by atoms with van der Waals surface area (Å²) in [5.74, 6) is 0.980. The number of hydrogen-bond acceptors (Lipinski definition) is 5. The topological polar surface area (TPSA) is 67.2 Å². The van der Waals surface area contributed by atoms with E-state index < -0.39 is 11.2 Å². The molecule has 0 amide bonds.